The van der Waals surface area contributed by atoms with E-state index in [9.17, 15) is 24.5 Å². The molecule has 12 heteroatoms. The van der Waals surface area contributed by atoms with Crippen LogP contribution in [0.3, 0.4) is 0 Å². The highest BCUT2D eigenvalue weighted by Crippen LogP contribution is 2.32. The maximum Gasteiger partial charge on any atom is 0.338 e. The number of nitro benzene ring substituents is 1. The monoisotopic (exact) mass is 585 g/mol. The molecule has 0 spiro atoms. The molecule has 2 aromatic carbocycles. The zero-order valence-corrected chi connectivity index (χ0v) is 22.3. The molecule has 0 aliphatic carbocycles. The van der Waals surface area contributed by atoms with E-state index in [0.29, 0.717) is 26.1 Å². The maximum absolute atomic E-state index is 13.7. The number of hydrogen-bond acceptors (Lipinski definition) is 9. The van der Waals surface area contributed by atoms with Gasteiger partial charge >= 0.3 is 11.9 Å². The molecule has 1 atom stereocenters. The van der Waals surface area contributed by atoms with Crippen molar-refractivity contribution in [2.24, 2.45) is 4.99 Å². The topological polar surface area (TPSA) is 130 Å². The summed E-state index contributed by atoms with van der Waals surface area (Å²) >= 11 is 4.47. The molecule has 10 nitrogen and oxygen atoms in total. The first-order valence-electron chi connectivity index (χ1n) is 11.0. The van der Waals surface area contributed by atoms with E-state index >= 15 is 0 Å². The van der Waals surface area contributed by atoms with Crippen LogP contribution >= 0.6 is 27.3 Å². The zero-order valence-electron chi connectivity index (χ0n) is 19.9. The van der Waals surface area contributed by atoms with Crippen LogP contribution in [0, 0.1) is 10.1 Å². The third kappa shape index (κ3) is 5.30. The van der Waals surface area contributed by atoms with Gasteiger partial charge in [-0.15, -0.1) is 0 Å². The van der Waals surface area contributed by atoms with Crippen molar-refractivity contribution in [1.82, 2.24) is 4.57 Å². The summed E-state index contributed by atoms with van der Waals surface area (Å²) < 4.78 is 12.8. The number of hydrogen-bond donors (Lipinski definition) is 0. The second-order valence-electron chi connectivity index (χ2n) is 7.93. The molecule has 0 unspecified atom stereocenters. The number of allylic oxidation sites excluding steroid dienone is 1. The van der Waals surface area contributed by atoms with Crippen LogP contribution in [-0.4, -0.2) is 28.0 Å². The highest BCUT2D eigenvalue weighted by atomic mass is 79.9. The molecular formula is C25H20BrN3O7S. The summed E-state index contributed by atoms with van der Waals surface area (Å²) in [6.07, 6.45) is 1.57. The molecule has 0 radical (unpaired) electrons. The van der Waals surface area contributed by atoms with E-state index in [1.807, 2.05) is 0 Å². The number of rotatable bonds is 6. The van der Waals surface area contributed by atoms with Gasteiger partial charge in [0.05, 0.1) is 33.4 Å². The smallest absolute Gasteiger partial charge is 0.338 e. The van der Waals surface area contributed by atoms with Crippen molar-refractivity contribution in [3.05, 3.63) is 99.1 Å². The SMILES string of the molecule is CCOC(=O)C1=C(C)N=c2s/c(=C/c3cc(Br)ccc3OC(C)=O)c(=O)n2[C@H]1c1cccc([N+](=O)[O-])c1. The van der Waals surface area contributed by atoms with Crippen LogP contribution in [0.5, 0.6) is 5.75 Å². The molecule has 0 bridgehead atoms. The standard InChI is InChI=1S/C25H20BrN3O7S/c1-4-35-24(32)21-13(2)27-25-28(22(21)15-6-5-7-18(11-15)29(33)34)23(31)20(37-25)12-16-10-17(26)8-9-19(16)36-14(3)30/h5-12,22H,4H2,1-3H3/b20-12+/t22-/m0/s1. The van der Waals surface area contributed by atoms with E-state index in [0.717, 1.165) is 11.3 Å². The fraction of sp³-hybridized carbons (Fsp3) is 0.200. The van der Waals surface area contributed by atoms with Gasteiger partial charge in [0.25, 0.3) is 11.2 Å². The van der Waals surface area contributed by atoms with E-state index in [1.165, 1.54) is 29.7 Å². The number of halogens is 1. The Hall–Kier alpha value is -3.90. The van der Waals surface area contributed by atoms with Crippen molar-refractivity contribution in [1.29, 1.82) is 0 Å². The number of ether oxygens (including phenoxy) is 2. The number of thiazole rings is 1. The van der Waals surface area contributed by atoms with E-state index in [4.69, 9.17) is 9.47 Å². The molecule has 3 aromatic rings. The number of carbonyl (C=O) groups excluding carboxylic acids is 2. The lowest BCUT2D eigenvalue weighted by molar-refractivity contribution is -0.384. The van der Waals surface area contributed by atoms with E-state index in [1.54, 1.807) is 44.2 Å². The Balaban J connectivity index is 1.98. The van der Waals surface area contributed by atoms with Crippen LogP contribution in [0.25, 0.3) is 6.08 Å². The summed E-state index contributed by atoms with van der Waals surface area (Å²) in [5, 5.41) is 11.4. The van der Waals surface area contributed by atoms with Crippen LogP contribution in [0.4, 0.5) is 5.69 Å². The molecule has 2 heterocycles. The second kappa shape index (κ2) is 10.6. The Labute approximate surface area is 222 Å². The minimum Gasteiger partial charge on any atom is -0.463 e. The Morgan fingerprint density at radius 2 is 2.03 bits per heavy atom. The molecule has 4 rings (SSSR count). The Morgan fingerprint density at radius 3 is 2.70 bits per heavy atom. The predicted octanol–water partition coefficient (Wildman–Crippen LogP) is 3.39. The van der Waals surface area contributed by atoms with Gasteiger partial charge in [0.2, 0.25) is 0 Å². The molecule has 1 aliphatic heterocycles. The molecule has 37 heavy (non-hydrogen) atoms. The van der Waals surface area contributed by atoms with Crippen molar-refractivity contribution in [3.8, 4) is 5.75 Å². The normalized spacial score (nSPS) is 15.1. The summed E-state index contributed by atoms with van der Waals surface area (Å²) in [7, 11) is 0. The number of carbonyl (C=O) groups is 2. The molecule has 1 aromatic heterocycles. The first-order valence-corrected chi connectivity index (χ1v) is 12.6. The van der Waals surface area contributed by atoms with Crippen molar-refractivity contribution < 1.29 is 24.0 Å². The van der Waals surface area contributed by atoms with E-state index < -0.39 is 28.5 Å². The zero-order chi connectivity index (χ0) is 26.9. The largest absolute Gasteiger partial charge is 0.463 e. The van der Waals surface area contributed by atoms with Crippen LogP contribution in [0.15, 0.2) is 68.0 Å². The molecule has 0 N–H and O–H groups in total. The van der Waals surface area contributed by atoms with Crippen molar-refractivity contribution in [2.45, 2.75) is 26.8 Å². The Morgan fingerprint density at radius 1 is 1.27 bits per heavy atom. The van der Waals surface area contributed by atoms with Crippen molar-refractivity contribution in [2.75, 3.05) is 6.61 Å². The number of benzene rings is 2. The van der Waals surface area contributed by atoms with Gasteiger partial charge < -0.3 is 9.47 Å². The third-order valence-corrected chi connectivity index (χ3v) is 6.90. The van der Waals surface area contributed by atoms with Gasteiger partial charge in [0.15, 0.2) is 4.80 Å². The Bertz CT molecular complexity index is 1660. The van der Waals surface area contributed by atoms with Crippen molar-refractivity contribution >= 4 is 51.0 Å². The lowest BCUT2D eigenvalue weighted by Crippen LogP contribution is -2.40. The minimum atomic E-state index is -0.993. The fourth-order valence-corrected chi connectivity index (χ4v) is 5.35. The van der Waals surface area contributed by atoms with Gasteiger partial charge in [-0.2, -0.15) is 0 Å². The fourth-order valence-electron chi connectivity index (χ4n) is 3.94. The molecule has 0 fully saturated rings. The average molecular weight is 586 g/mol. The Kier molecular flexibility index (Phi) is 7.50. The minimum absolute atomic E-state index is 0.101. The summed E-state index contributed by atoms with van der Waals surface area (Å²) in [4.78, 5) is 54.0. The van der Waals surface area contributed by atoms with E-state index in [-0.39, 0.29) is 28.1 Å². The lowest BCUT2D eigenvalue weighted by Gasteiger charge is -2.24. The molecule has 0 saturated carbocycles. The number of non-ortho nitro benzene ring substituents is 1. The van der Waals surface area contributed by atoms with Gasteiger partial charge in [-0.25, -0.2) is 9.79 Å². The number of aromatic nitrogens is 1. The van der Waals surface area contributed by atoms with Gasteiger partial charge in [0.1, 0.15) is 5.75 Å². The van der Waals surface area contributed by atoms with Crippen molar-refractivity contribution in [3.63, 3.8) is 0 Å². The van der Waals surface area contributed by atoms with Gasteiger partial charge in [-0.3, -0.25) is 24.3 Å². The van der Waals surface area contributed by atoms with Crippen LogP contribution in [0.1, 0.15) is 37.9 Å². The summed E-state index contributed by atoms with van der Waals surface area (Å²) in [5.41, 5.74) is 0.640. The lowest BCUT2D eigenvalue weighted by atomic mass is 9.95. The number of nitro groups is 1. The number of esters is 2. The van der Waals surface area contributed by atoms with Gasteiger partial charge in [-0.1, -0.05) is 39.4 Å². The molecule has 190 valence electrons. The average Bonchev–Trinajstić information content (AvgIpc) is 3.14. The van der Waals surface area contributed by atoms with Crippen LogP contribution in [-0.2, 0) is 14.3 Å². The van der Waals surface area contributed by atoms with Crippen LogP contribution < -0.4 is 19.6 Å². The molecule has 1 aliphatic rings. The second-order valence-corrected chi connectivity index (χ2v) is 9.85. The maximum atomic E-state index is 13.7. The summed E-state index contributed by atoms with van der Waals surface area (Å²) in [5.74, 6) is -0.919. The molecule has 0 saturated heterocycles. The van der Waals surface area contributed by atoms with Crippen LogP contribution in [0.2, 0.25) is 0 Å². The first-order chi connectivity index (χ1) is 17.6. The van der Waals surface area contributed by atoms with Gasteiger partial charge in [0, 0.05) is 29.1 Å². The molecular weight excluding hydrogens is 566 g/mol. The summed E-state index contributed by atoms with van der Waals surface area (Å²) in [6.45, 7) is 4.66. The van der Waals surface area contributed by atoms with E-state index in [2.05, 4.69) is 20.9 Å². The summed E-state index contributed by atoms with van der Waals surface area (Å²) in [6, 6.07) is 9.77. The quantitative estimate of drug-likeness (QED) is 0.187. The highest BCUT2D eigenvalue weighted by molar-refractivity contribution is 9.10. The highest BCUT2D eigenvalue weighted by Gasteiger charge is 2.34. The number of fused-ring (bicyclic) bond motifs is 1. The predicted molar refractivity (Wildman–Crippen MR) is 139 cm³/mol. The third-order valence-electron chi connectivity index (χ3n) is 5.43. The number of nitrogens with zero attached hydrogens (tertiary/aromatic N) is 3. The first kappa shape index (κ1) is 26.2. The molecule has 0 amide bonds. The van der Waals surface area contributed by atoms with Gasteiger partial charge in [-0.05, 0) is 43.7 Å².